The zero-order valence-electron chi connectivity index (χ0n) is 5.39. The van der Waals surface area contributed by atoms with E-state index >= 15 is 0 Å². The molecule has 0 atom stereocenters. The Bertz CT molecular complexity index is 213. The van der Waals surface area contributed by atoms with Crippen LogP contribution in [0.5, 0.6) is 0 Å². The van der Waals surface area contributed by atoms with Gasteiger partial charge in [0.05, 0.1) is 0 Å². The molecule has 0 aromatic heterocycles. The van der Waals surface area contributed by atoms with Crippen LogP contribution in [0.25, 0.3) is 6.08 Å². The van der Waals surface area contributed by atoms with Crippen molar-refractivity contribution in [3.8, 4) is 0 Å². The molecule has 0 spiro atoms. The van der Waals surface area contributed by atoms with Crippen molar-refractivity contribution in [2.45, 2.75) is 0 Å². The van der Waals surface area contributed by atoms with Crippen LogP contribution in [0.4, 0.5) is 0 Å². The summed E-state index contributed by atoms with van der Waals surface area (Å²) >= 11 is 0. The first-order valence-electron chi connectivity index (χ1n) is 2.65. The van der Waals surface area contributed by atoms with Crippen molar-refractivity contribution in [3.05, 3.63) is 41.5 Å². The first-order chi connectivity index (χ1) is 3.97. The Morgan fingerprint density at radius 3 is 2.22 bits per heavy atom. The monoisotopic (exact) mass is 108 g/mol. The van der Waals surface area contributed by atoms with Gasteiger partial charge in [-0.15, -0.1) is 35.4 Å². The Hall–Kier alpha value is -0.443. The van der Waals surface area contributed by atoms with Gasteiger partial charge in [0.15, 0.2) is 0 Å². The molecule has 1 aliphatic rings. The molecule has 0 nitrogen and oxygen atoms in total. The van der Waals surface area contributed by atoms with Crippen molar-refractivity contribution < 1.29 is 18.9 Å². The summed E-state index contributed by atoms with van der Waals surface area (Å²) in [6.45, 7) is 0. The van der Waals surface area contributed by atoms with E-state index in [1.54, 1.807) is 0 Å². The summed E-state index contributed by atoms with van der Waals surface area (Å²) in [7, 11) is 0. The van der Waals surface area contributed by atoms with Gasteiger partial charge in [0, 0.05) is 0 Å². The maximum absolute atomic E-state index is 3.06. The zero-order chi connectivity index (χ0) is 5.40. The van der Waals surface area contributed by atoms with Gasteiger partial charge < -0.3 is 0 Å². The molecular weight excluding hydrogens is 103 g/mol. The van der Waals surface area contributed by atoms with Gasteiger partial charge in [-0.3, -0.25) is 0 Å². The standard InChI is InChI=1S/C8H5.Li/c1-2-4-8-6-5-7(8)3-1;/h1-5H;/q-1;+1. The number of fused-ring (bicyclic) bond motifs is 1. The summed E-state index contributed by atoms with van der Waals surface area (Å²) in [5, 5.41) is 0. The average Bonchev–Trinajstić information content (AvgIpc) is 1.72. The quantitative estimate of drug-likeness (QED) is 0.296. The number of hydrogen-bond acceptors (Lipinski definition) is 0. The van der Waals surface area contributed by atoms with Crippen LogP contribution >= 0.6 is 0 Å². The Labute approximate surface area is 66.8 Å². The maximum atomic E-state index is 3.06. The molecule has 0 saturated heterocycles. The molecule has 0 fully saturated rings. The molecule has 0 bridgehead atoms. The van der Waals surface area contributed by atoms with Gasteiger partial charge in [0.25, 0.3) is 0 Å². The fourth-order valence-electron chi connectivity index (χ4n) is 0.832. The molecule has 1 heteroatoms. The zero-order valence-corrected chi connectivity index (χ0v) is 5.39. The van der Waals surface area contributed by atoms with E-state index in [4.69, 9.17) is 0 Å². The summed E-state index contributed by atoms with van der Waals surface area (Å²) in [6.07, 6.45) is 5.06. The molecule has 0 heterocycles. The number of hydrogen-bond donors (Lipinski definition) is 0. The third kappa shape index (κ3) is 0.964. The van der Waals surface area contributed by atoms with Crippen LogP contribution in [0.2, 0.25) is 0 Å². The predicted molar refractivity (Wildman–Crippen MR) is 33.3 cm³/mol. The molecule has 1 aliphatic carbocycles. The van der Waals surface area contributed by atoms with Crippen LogP contribution in [0, 0.1) is 6.08 Å². The van der Waals surface area contributed by atoms with E-state index in [0.717, 1.165) is 0 Å². The SMILES string of the molecule is [C-]1=Cc2ccccc21.[Li+]. The van der Waals surface area contributed by atoms with E-state index in [9.17, 15) is 0 Å². The topological polar surface area (TPSA) is 0 Å². The van der Waals surface area contributed by atoms with E-state index in [2.05, 4.69) is 18.2 Å². The molecule has 0 radical (unpaired) electrons. The molecule has 1 aromatic rings. The van der Waals surface area contributed by atoms with Crippen molar-refractivity contribution >= 4 is 6.08 Å². The predicted octanol–water partition coefficient (Wildman–Crippen LogP) is -1.13. The summed E-state index contributed by atoms with van der Waals surface area (Å²) in [5.41, 5.74) is 2.56. The summed E-state index contributed by atoms with van der Waals surface area (Å²) < 4.78 is 0. The van der Waals surface area contributed by atoms with Crippen LogP contribution in [-0.2, 0) is 0 Å². The van der Waals surface area contributed by atoms with Gasteiger partial charge in [-0.25, -0.2) is 0 Å². The molecule has 0 N–H and O–H groups in total. The minimum Gasteiger partial charge on any atom is -0.143 e. The van der Waals surface area contributed by atoms with Crippen molar-refractivity contribution in [3.63, 3.8) is 0 Å². The largest absolute Gasteiger partial charge is 1.00 e. The van der Waals surface area contributed by atoms with E-state index in [1.807, 2.05) is 18.2 Å². The summed E-state index contributed by atoms with van der Waals surface area (Å²) in [6, 6.07) is 8.22. The first kappa shape index (κ1) is 6.67. The minimum absolute atomic E-state index is 0. The smallest absolute Gasteiger partial charge is 0.143 e. The summed E-state index contributed by atoms with van der Waals surface area (Å²) in [4.78, 5) is 0. The molecule has 38 valence electrons. The van der Waals surface area contributed by atoms with Crippen LogP contribution in [0.3, 0.4) is 0 Å². The second kappa shape index (κ2) is 2.43. The normalized spacial score (nSPS) is 11.1. The van der Waals surface area contributed by atoms with E-state index in [-0.39, 0.29) is 18.9 Å². The fraction of sp³-hybridized carbons (Fsp3) is 0. The second-order valence-corrected chi connectivity index (χ2v) is 1.88. The van der Waals surface area contributed by atoms with E-state index in [1.165, 1.54) is 11.1 Å². The third-order valence-corrected chi connectivity index (χ3v) is 1.34. The van der Waals surface area contributed by atoms with Gasteiger partial charge in [-0.1, -0.05) is 12.1 Å². The van der Waals surface area contributed by atoms with Crippen molar-refractivity contribution in [1.29, 1.82) is 0 Å². The molecule has 9 heavy (non-hydrogen) atoms. The van der Waals surface area contributed by atoms with Gasteiger partial charge in [-0.05, 0) is 0 Å². The Balaban J connectivity index is 0.000000405. The maximum Gasteiger partial charge on any atom is 1.00 e. The molecule has 0 unspecified atom stereocenters. The molecular formula is C8H5Li. The van der Waals surface area contributed by atoms with Crippen molar-refractivity contribution in [2.75, 3.05) is 0 Å². The van der Waals surface area contributed by atoms with Crippen molar-refractivity contribution in [1.82, 2.24) is 0 Å². The number of benzene rings is 1. The Morgan fingerprint density at radius 1 is 1.11 bits per heavy atom. The first-order valence-corrected chi connectivity index (χ1v) is 2.65. The Kier molecular flexibility index (Phi) is 1.80. The third-order valence-electron chi connectivity index (χ3n) is 1.34. The minimum atomic E-state index is 0. The van der Waals surface area contributed by atoms with Crippen LogP contribution < -0.4 is 18.9 Å². The van der Waals surface area contributed by atoms with Gasteiger partial charge in [0.2, 0.25) is 0 Å². The molecule has 0 amide bonds. The number of rotatable bonds is 0. The fourth-order valence-corrected chi connectivity index (χ4v) is 0.832. The Morgan fingerprint density at radius 2 is 1.89 bits per heavy atom. The van der Waals surface area contributed by atoms with Gasteiger partial charge in [0.1, 0.15) is 0 Å². The van der Waals surface area contributed by atoms with E-state index in [0.29, 0.717) is 0 Å². The van der Waals surface area contributed by atoms with Gasteiger partial charge in [-0.2, -0.15) is 0 Å². The van der Waals surface area contributed by atoms with Crippen LogP contribution in [0.1, 0.15) is 11.1 Å². The van der Waals surface area contributed by atoms with Crippen LogP contribution in [0.15, 0.2) is 24.3 Å². The average molecular weight is 108 g/mol. The van der Waals surface area contributed by atoms with Crippen LogP contribution in [-0.4, -0.2) is 0 Å². The second-order valence-electron chi connectivity index (χ2n) is 1.88. The molecule has 0 aliphatic heterocycles. The van der Waals surface area contributed by atoms with Crippen molar-refractivity contribution in [2.24, 2.45) is 0 Å². The van der Waals surface area contributed by atoms with Gasteiger partial charge >= 0.3 is 18.9 Å². The molecule has 0 saturated carbocycles. The van der Waals surface area contributed by atoms with E-state index < -0.39 is 0 Å². The summed E-state index contributed by atoms with van der Waals surface area (Å²) in [5.74, 6) is 0. The molecule has 2 rings (SSSR count). The molecule has 1 aromatic carbocycles.